The van der Waals surface area contributed by atoms with E-state index in [0.29, 0.717) is 34.2 Å². The smallest absolute Gasteiger partial charge is 0.248 e. The van der Waals surface area contributed by atoms with Crippen LogP contribution in [0.5, 0.6) is 28.7 Å². The number of methoxy groups -OCH3 is 4. The number of phenolic OH excluding ortho intramolecular Hbond substituents is 1. The Hall–Kier alpha value is -4.39. The fourth-order valence-corrected chi connectivity index (χ4v) is 3.29. The predicted molar refractivity (Wildman–Crippen MR) is 134 cm³/mol. The number of hydrogen-bond acceptors (Lipinski definition) is 6. The van der Waals surface area contributed by atoms with Crippen LogP contribution in [0.4, 0.5) is 5.69 Å². The molecular weight excluding hydrogens is 434 g/mol. The van der Waals surface area contributed by atoms with Crippen molar-refractivity contribution in [1.82, 2.24) is 0 Å². The van der Waals surface area contributed by atoms with Crippen LogP contribution in [0.3, 0.4) is 0 Å². The Morgan fingerprint density at radius 3 is 2.00 bits per heavy atom. The van der Waals surface area contributed by atoms with Gasteiger partial charge >= 0.3 is 0 Å². The molecule has 0 fully saturated rings. The molecule has 0 saturated heterocycles. The first kappa shape index (κ1) is 24.3. The zero-order valence-electron chi connectivity index (χ0n) is 19.5. The molecule has 0 saturated carbocycles. The molecule has 7 nitrogen and oxygen atoms in total. The normalized spacial score (nSPS) is 10.9. The minimum Gasteiger partial charge on any atom is -0.508 e. The minimum absolute atomic E-state index is 0.135. The minimum atomic E-state index is -0.326. The van der Waals surface area contributed by atoms with E-state index in [2.05, 4.69) is 5.32 Å². The standard InChI is InChI=1S/C27H27NO6/c1-31-23-12-10-19(8-9-20-16-24(32-2)27(34-4)25(17-20)33-3)15-22(23)28-26(30)13-11-18-6-5-7-21(29)14-18/h5-17,29H,1-4H3,(H,28,30)/b9-8+,13-11+. The van der Waals surface area contributed by atoms with E-state index in [4.69, 9.17) is 18.9 Å². The maximum absolute atomic E-state index is 12.5. The third kappa shape index (κ3) is 6.10. The van der Waals surface area contributed by atoms with E-state index in [1.807, 2.05) is 36.4 Å². The molecular formula is C27H27NO6. The Morgan fingerprint density at radius 2 is 1.38 bits per heavy atom. The Kier molecular flexibility index (Phi) is 8.18. The molecule has 0 bridgehead atoms. The summed E-state index contributed by atoms with van der Waals surface area (Å²) in [6.45, 7) is 0. The molecule has 0 aliphatic rings. The highest BCUT2D eigenvalue weighted by Gasteiger charge is 2.12. The molecule has 0 aliphatic carbocycles. The van der Waals surface area contributed by atoms with Crippen LogP contribution in [0.2, 0.25) is 0 Å². The van der Waals surface area contributed by atoms with Crippen LogP contribution in [0.15, 0.2) is 60.7 Å². The van der Waals surface area contributed by atoms with Crippen molar-refractivity contribution < 1.29 is 28.8 Å². The van der Waals surface area contributed by atoms with E-state index in [9.17, 15) is 9.90 Å². The summed E-state index contributed by atoms with van der Waals surface area (Å²) in [5.41, 5.74) is 2.94. The maximum Gasteiger partial charge on any atom is 0.248 e. The number of hydrogen-bond donors (Lipinski definition) is 2. The lowest BCUT2D eigenvalue weighted by Crippen LogP contribution is -2.09. The van der Waals surface area contributed by atoms with Gasteiger partial charge in [0.2, 0.25) is 11.7 Å². The molecule has 3 aromatic rings. The lowest BCUT2D eigenvalue weighted by Gasteiger charge is -2.13. The van der Waals surface area contributed by atoms with Gasteiger partial charge in [-0.3, -0.25) is 4.79 Å². The number of carbonyl (C=O) groups is 1. The van der Waals surface area contributed by atoms with Gasteiger partial charge in [0.15, 0.2) is 11.5 Å². The number of ether oxygens (including phenoxy) is 4. The van der Waals surface area contributed by atoms with Crippen molar-refractivity contribution in [1.29, 1.82) is 0 Å². The topological polar surface area (TPSA) is 86.3 Å². The lowest BCUT2D eigenvalue weighted by molar-refractivity contribution is -0.111. The summed E-state index contributed by atoms with van der Waals surface area (Å²) < 4.78 is 21.6. The zero-order chi connectivity index (χ0) is 24.5. The van der Waals surface area contributed by atoms with Crippen molar-refractivity contribution in [3.63, 3.8) is 0 Å². The van der Waals surface area contributed by atoms with Gasteiger partial charge in [-0.1, -0.05) is 30.4 Å². The van der Waals surface area contributed by atoms with Gasteiger partial charge < -0.3 is 29.4 Å². The third-order valence-electron chi connectivity index (χ3n) is 4.93. The Labute approximate surface area is 198 Å². The van der Waals surface area contributed by atoms with Crippen molar-refractivity contribution in [3.8, 4) is 28.7 Å². The average Bonchev–Trinajstić information content (AvgIpc) is 2.85. The van der Waals surface area contributed by atoms with Crippen molar-refractivity contribution in [2.24, 2.45) is 0 Å². The van der Waals surface area contributed by atoms with Crippen LogP contribution in [0.1, 0.15) is 16.7 Å². The van der Waals surface area contributed by atoms with Crippen molar-refractivity contribution >= 4 is 29.8 Å². The van der Waals surface area contributed by atoms with Gasteiger partial charge in [-0.2, -0.15) is 0 Å². The van der Waals surface area contributed by atoms with Crippen LogP contribution in [0.25, 0.3) is 18.2 Å². The molecule has 0 radical (unpaired) electrons. The van der Waals surface area contributed by atoms with E-state index in [1.54, 1.807) is 64.8 Å². The average molecular weight is 462 g/mol. The highest BCUT2D eigenvalue weighted by molar-refractivity contribution is 6.03. The molecule has 3 aromatic carbocycles. The largest absolute Gasteiger partial charge is 0.508 e. The van der Waals surface area contributed by atoms with E-state index in [1.165, 1.54) is 6.08 Å². The predicted octanol–water partition coefficient (Wildman–Crippen LogP) is 5.25. The van der Waals surface area contributed by atoms with Gasteiger partial charge in [0.25, 0.3) is 0 Å². The molecule has 34 heavy (non-hydrogen) atoms. The van der Waals surface area contributed by atoms with Gasteiger partial charge in [0.1, 0.15) is 11.5 Å². The van der Waals surface area contributed by atoms with Crippen LogP contribution in [-0.4, -0.2) is 39.5 Å². The van der Waals surface area contributed by atoms with Crippen LogP contribution >= 0.6 is 0 Å². The summed E-state index contributed by atoms with van der Waals surface area (Å²) in [5, 5.41) is 12.4. The number of phenols is 1. The molecule has 176 valence electrons. The van der Waals surface area contributed by atoms with Gasteiger partial charge in [0.05, 0.1) is 34.1 Å². The fraction of sp³-hybridized carbons (Fsp3) is 0.148. The van der Waals surface area contributed by atoms with Gasteiger partial charge in [-0.05, 0) is 59.2 Å². The maximum atomic E-state index is 12.5. The van der Waals surface area contributed by atoms with Crippen molar-refractivity contribution in [2.45, 2.75) is 0 Å². The van der Waals surface area contributed by atoms with Gasteiger partial charge in [0, 0.05) is 6.08 Å². The van der Waals surface area contributed by atoms with E-state index in [0.717, 1.165) is 11.1 Å². The Morgan fingerprint density at radius 1 is 0.735 bits per heavy atom. The summed E-state index contributed by atoms with van der Waals surface area (Å²) in [4.78, 5) is 12.5. The second kappa shape index (κ2) is 11.5. The van der Waals surface area contributed by atoms with Crippen molar-refractivity contribution in [3.05, 3.63) is 77.4 Å². The molecule has 0 heterocycles. The number of benzene rings is 3. The van der Waals surface area contributed by atoms with Crippen LogP contribution in [0, 0.1) is 0 Å². The molecule has 0 aromatic heterocycles. The third-order valence-corrected chi connectivity index (χ3v) is 4.93. The molecule has 0 atom stereocenters. The number of rotatable bonds is 9. The fourth-order valence-electron chi connectivity index (χ4n) is 3.29. The molecule has 1 amide bonds. The summed E-state index contributed by atoms with van der Waals surface area (Å²) in [7, 11) is 6.23. The first-order valence-corrected chi connectivity index (χ1v) is 10.4. The molecule has 2 N–H and O–H groups in total. The van der Waals surface area contributed by atoms with Gasteiger partial charge in [-0.25, -0.2) is 0 Å². The molecule has 7 heteroatoms. The highest BCUT2D eigenvalue weighted by atomic mass is 16.5. The summed E-state index contributed by atoms with van der Waals surface area (Å²) in [6.07, 6.45) is 6.82. The summed E-state index contributed by atoms with van der Waals surface area (Å²) in [6, 6.07) is 15.8. The van der Waals surface area contributed by atoms with Crippen LogP contribution < -0.4 is 24.3 Å². The zero-order valence-corrected chi connectivity index (χ0v) is 19.5. The quantitative estimate of drug-likeness (QED) is 0.334. The molecule has 3 rings (SSSR count). The van der Waals surface area contributed by atoms with E-state index in [-0.39, 0.29) is 11.7 Å². The monoisotopic (exact) mass is 461 g/mol. The van der Waals surface area contributed by atoms with E-state index >= 15 is 0 Å². The first-order valence-electron chi connectivity index (χ1n) is 10.4. The second-order valence-corrected chi connectivity index (χ2v) is 7.17. The first-order chi connectivity index (χ1) is 16.5. The van der Waals surface area contributed by atoms with Gasteiger partial charge in [-0.15, -0.1) is 0 Å². The highest BCUT2D eigenvalue weighted by Crippen LogP contribution is 2.38. The number of anilines is 1. The van der Waals surface area contributed by atoms with Crippen LogP contribution in [-0.2, 0) is 4.79 Å². The number of amides is 1. The number of aromatic hydroxyl groups is 1. The Balaban J connectivity index is 1.81. The van der Waals surface area contributed by atoms with E-state index < -0.39 is 0 Å². The molecule has 0 unspecified atom stereocenters. The Bertz CT molecular complexity index is 1190. The molecule has 0 aliphatic heterocycles. The SMILES string of the molecule is COc1ccc(/C=C/c2cc(OC)c(OC)c(OC)c2)cc1NC(=O)/C=C/c1cccc(O)c1. The second-order valence-electron chi connectivity index (χ2n) is 7.17. The number of nitrogens with one attached hydrogen (secondary N) is 1. The summed E-state index contributed by atoms with van der Waals surface area (Å²) in [5.74, 6) is 1.98. The number of carbonyl (C=O) groups excluding carboxylic acids is 1. The lowest BCUT2D eigenvalue weighted by atomic mass is 10.1. The molecule has 0 spiro atoms. The summed E-state index contributed by atoms with van der Waals surface area (Å²) >= 11 is 0. The van der Waals surface area contributed by atoms with Crippen molar-refractivity contribution in [2.75, 3.05) is 33.8 Å².